The zero-order valence-corrected chi connectivity index (χ0v) is 14.3. The highest BCUT2D eigenvalue weighted by atomic mass is 79.9. The Balaban J connectivity index is 3.01. The molecule has 0 bridgehead atoms. The van der Waals surface area contributed by atoms with Gasteiger partial charge in [0.2, 0.25) is 10.0 Å². The third-order valence-corrected chi connectivity index (χ3v) is 4.26. The summed E-state index contributed by atoms with van der Waals surface area (Å²) in [5.41, 5.74) is -0.350. The summed E-state index contributed by atoms with van der Waals surface area (Å²) in [6.07, 6.45) is 0. The van der Waals surface area contributed by atoms with E-state index in [-0.39, 0.29) is 23.8 Å². The number of nitro groups is 1. The SMILES string of the molecule is Cc1cc(Br)cc([N+](=O)[O-])c1OCC(C)(C)CS(N)(=O)=O. The zero-order valence-electron chi connectivity index (χ0n) is 11.9. The highest BCUT2D eigenvalue weighted by molar-refractivity contribution is 9.10. The molecule has 21 heavy (non-hydrogen) atoms. The van der Waals surface area contributed by atoms with Crippen molar-refractivity contribution in [1.82, 2.24) is 0 Å². The maximum absolute atomic E-state index is 11.2. The van der Waals surface area contributed by atoms with Crippen molar-refractivity contribution in [2.75, 3.05) is 12.4 Å². The van der Waals surface area contributed by atoms with E-state index in [1.807, 2.05) is 0 Å². The monoisotopic (exact) mass is 380 g/mol. The van der Waals surface area contributed by atoms with Gasteiger partial charge in [-0.3, -0.25) is 10.1 Å². The van der Waals surface area contributed by atoms with Crippen LogP contribution in [0.1, 0.15) is 19.4 Å². The van der Waals surface area contributed by atoms with Gasteiger partial charge in [-0.15, -0.1) is 0 Å². The molecule has 0 atom stereocenters. The number of sulfonamides is 1. The maximum Gasteiger partial charge on any atom is 0.312 e. The van der Waals surface area contributed by atoms with E-state index >= 15 is 0 Å². The first-order valence-electron chi connectivity index (χ1n) is 5.99. The van der Waals surface area contributed by atoms with Crippen LogP contribution < -0.4 is 9.88 Å². The van der Waals surface area contributed by atoms with Gasteiger partial charge >= 0.3 is 5.69 Å². The summed E-state index contributed by atoms with van der Waals surface area (Å²) in [6, 6.07) is 3.03. The molecule has 0 fully saturated rings. The Bertz CT molecular complexity index is 658. The standard InChI is InChI=1S/C12H17BrN2O5S/c1-8-4-9(13)5-10(15(16)17)11(8)20-6-12(2,3)7-21(14,18)19/h4-5H,6-7H2,1-3H3,(H2,14,18,19). The number of primary sulfonamides is 1. The van der Waals surface area contributed by atoms with Crippen molar-refractivity contribution in [2.45, 2.75) is 20.8 Å². The number of halogens is 1. The van der Waals surface area contributed by atoms with Crippen molar-refractivity contribution in [2.24, 2.45) is 10.6 Å². The number of hydrogen-bond donors (Lipinski definition) is 1. The molecule has 0 aliphatic heterocycles. The van der Waals surface area contributed by atoms with Crippen LogP contribution in [0.3, 0.4) is 0 Å². The lowest BCUT2D eigenvalue weighted by Crippen LogP contribution is -2.33. The number of ether oxygens (including phenoxy) is 1. The number of rotatable bonds is 6. The second kappa shape index (κ2) is 6.29. The van der Waals surface area contributed by atoms with Crippen molar-refractivity contribution < 1.29 is 18.1 Å². The van der Waals surface area contributed by atoms with E-state index in [4.69, 9.17) is 9.88 Å². The Labute approximate surface area is 131 Å². The molecule has 7 nitrogen and oxygen atoms in total. The number of benzene rings is 1. The van der Waals surface area contributed by atoms with Gasteiger partial charge < -0.3 is 4.74 Å². The normalized spacial score (nSPS) is 12.2. The highest BCUT2D eigenvalue weighted by Crippen LogP contribution is 2.35. The van der Waals surface area contributed by atoms with Gasteiger partial charge in [0.05, 0.1) is 17.3 Å². The van der Waals surface area contributed by atoms with Crippen LogP contribution in [0, 0.1) is 22.5 Å². The lowest BCUT2D eigenvalue weighted by Gasteiger charge is -2.23. The Morgan fingerprint density at radius 1 is 1.43 bits per heavy atom. The third kappa shape index (κ3) is 5.60. The van der Waals surface area contributed by atoms with Crippen molar-refractivity contribution in [3.63, 3.8) is 0 Å². The predicted octanol–water partition coefficient (Wildman–Crippen LogP) is 2.36. The van der Waals surface area contributed by atoms with Crippen LogP contribution in [-0.4, -0.2) is 25.7 Å². The number of nitrogens with zero attached hydrogens (tertiary/aromatic N) is 1. The van der Waals surface area contributed by atoms with Crippen molar-refractivity contribution >= 4 is 31.6 Å². The van der Waals surface area contributed by atoms with Gasteiger partial charge in [-0.2, -0.15) is 0 Å². The lowest BCUT2D eigenvalue weighted by atomic mass is 9.98. The second-order valence-corrected chi connectivity index (χ2v) is 8.12. The Morgan fingerprint density at radius 3 is 2.48 bits per heavy atom. The largest absolute Gasteiger partial charge is 0.486 e. The summed E-state index contributed by atoms with van der Waals surface area (Å²) in [7, 11) is -3.65. The molecule has 1 rings (SSSR count). The van der Waals surface area contributed by atoms with Gasteiger partial charge in [0, 0.05) is 16.0 Å². The lowest BCUT2D eigenvalue weighted by molar-refractivity contribution is -0.386. The molecule has 0 spiro atoms. The smallest absolute Gasteiger partial charge is 0.312 e. The van der Waals surface area contributed by atoms with E-state index < -0.39 is 20.4 Å². The fourth-order valence-electron chi connectivity index (χ4n) is 1.89. The number of hydrogen-bond acceptors (Lipinski definition) is 5. The summed E-state index contributed by atoms with van der Waals surface area (Å²) >= 11 is 3.19. The van der Waals surface area contributed by atoms with Gasteiger partial charge in [0.15, 0.2) is 5.75 Å². The number of nitrogens with two attached hydrogens (primary N) is 1. The molecule has 0 aromatic heterocycles. The van der Waals surface area contributed by atoms with E-state index in [2.05, 4.69) is 15.9 Å². The molecule has 1 aromatic rings. The second-order valence-electron chi connectivity index (χ2n) is 5.59. The van der Waals surface area contributed by atoms with E-state index in [9.17, 15) is 18.5 Å². The average molecular weight is 381 g/mol. The fraction of sp³-hybridized carbons (Fsp3) is 0.500. The van der Waals surface area contributed by atoms with Gasteiger partial charge in [0.25, 0.3) is 0 Å². The molecular formula is C12H17BrN2O5S. The van der Waals surface area contributed by atoms with Crippen LogP contribution in [-0.2, 0) is 10.0 Å². The third-order valence-electron chi connectivity index (χ3n) is 2.62. The average Bonchev–Trinajstić information content (AvgIpc) is 2.23. The Kier molecular flexibility index (Phi) is 5.35. The van der Waals surface area contributed by atoms with Crippen LogP contribution in [0.2, 0.25) is 0 Å². The number of aryl methyl sites for hydroxylation is 1. The molecule has 2 N–H and O–H groups in total. The molecule has 9 heteroatoms. The minimum Gasteiger partial charge on any atom is -0.486 e. The van der Waals surface area contributed by atoms with Crippen molar-refractivity contribution in [3.05, 3.63) is 32.3 Å². The maximum atomic E-state index is 11.2. The summed E-state index contributed by atoms with van der Waals surface area (Å²) in [5.74, 6) is -0.144. The Morgan fingerprint density at radius 2 is 2.00 bits per heavy atom. The van der Waals surface area contributed by atoms with Crippen molar-refractivity contribution in [3.8, 4) is 5.75 Å². The summed E-state index contributed by atoms with van der Waals surface area (Å²) in [5, 5.41) is 16.1. The van der Waals surface area contributed by atoms with Crippen LogP contribution in [0.15, 0.2) is 16.6 Å². The van der Waals surface area contributed by atoms with Crippen LogP contribution in [0.25, 0.3) is 0 Å². The van der Waals surface area contributed by atoms with E-state index in [0.717, 1.165) is 0 Å². The van der Waals surface area contributed by atoms with E-state index in [1.165, 1.54) is 6.07 Å². The number of nitro benzene ring substituents is 1. The van der Waals surface area contributed by atoms with Crippen LogP contribution >= 0.6 is 15.9 Å². The van der Waals surface area contributed by atoms with Crippen molar-refractivity contribution in [1.29, 1.82) is 0 Å². The van der Waals surface area contributed by atoms with Gasteiger partial charge in [-0.05, 0) is 18.6 Å². The minimum atomic E-state index is -3.65. The summed E-state index contributed by atoms with van der Waals surface area (Å²) < 4.78 is 28.4. The Hall–Kier alpha value is -1.19. The molecule has 0 radical (unpaired) electrons. The van der Waals surface area contributed by atoms with Gasteiger partial charge in [-0.25, -0.2) is 13.6 Å². The summed E-state index contributed by atoms with van der Waals surface area (Å²) in [6.45, 7) is 5.00. The topological polar surface area (TPSA) is 113 Å². The molecule has 118 valence electrons. The van der Waals surface area contributed by atoms with E-state index in [1.54, 1.807) is 26.8 Å². The molecule has 0 saturated heterocycles. The molecule has 0 saturated carbocycles. The van der Waals surface area contributed by atoms with Crippen LogP contribution in [0.5, 0.6) is 5.75 Å². The van der Waals surface area contributed by atoms with Crippen LogP contribution in [0.4, 0.5) is 5.69 Å². The molecule has 0 amide bonds. The highest BCUT2D eigenvalue weighted by Gasteiger charge is 2.27. The molecular weight excluding hydrogens is 364 g/mol. The first-order valence-corrected chi connectivity index (χ1v) is 8.50. The van der Waals surface area contributed by atoms with Gasteiger partial charge in [0.1, 0.15) is 0 Å². The fourth-order valence-corrected chi connectivity index (χ4v) is 3.62. The summed E-state index contributed by atoms with van der Waals surface area (Å²) in [4.78, 5) is 10.5. The predicted molar refractivity (Wildman–Crippen MR) is 82.8 cm³/mol. The molecule has 1 aromatic carbocycles. The molecule has 0 unspecified atom stereocenters. The zero-order chi connectivity index (χ0) is 16.4. The first kappa shape index (κ1) is 17.9. The molecule has 0 aliphatic carbocycles. The quantitative estimate of drug-likeness (QED) is 0.600. The molecule has 0 heterocycles. The van der Waals surface area contributed by atoms with E-state index in [0.29, 0.717) is 10.0 Å². The molecule has 0 aliphatic rings. The van der Waals surface area contributed by atoms with Gasteiger partial charge in [-0.1, -0.05) is 29.8 Å². The first-order chi connectivity index (χ1) is 9.41. The minimum absolute atomic E-state index is 0.00720.